The Balaban J connectivity index is 2.46. The highest BCUT2D eigenvalue weighted by Gasteiger charge is 2.29. The maximum atomic E-state index is 3.65. The lowest BCUT2D eigenvalue weighted by Crippen LogP contribution is -2.53. The van der Waals surface area contributed by atoms with Crippen LogP contribution < -0.4 is 5.32 Å². The van der Waals surface area contributed by atoms with Crippen LogP contribution in [-0.4, -0.2) is 36.1 Å². The van der Waals surface area contributed by atoms with E-state index in [1.54, 1.807) is 0 Å². The highest BCUT2D eigenvalue weighted by Crippen LogP contribution is 2.27. The van der Waals surface area contributed by atoms with E-state index < -0.39 is 0 Å². The molecule has 1 atom stereocenters. The lowest BCUT2D eigenvalue weighted by atomic mass is 9.88. The van der Waals surface area contributed by atoms with Gasteiger partial charge < -0.3 is 5.32 Å². The van der Waals surface area contributed by atoms with E-state index in [9.17, 15) is 0 Å². The Bertz CT molecular complexity index is 201. The van der Waals surface area contributed by atoms with Crippen LogP contribution in [0.2, 0.25) is 0 Å². The van der Waals surface area contributed by atoms with Crippen molar-refractivity contribution in [3.63, 3.8) is 0 Å². The first-order chi connectivity index (χ1) is 7.31. The van der Waals surface area contributed by atoms with Gasteiger partial charge in [0, 0.05) is 24.2 Å². The van der Waals surface area contributed by atoms with Crippen molar-refractivity contribution >= 4 is 0 Å². The maximum Gasteiger partial charge on any atom is 0.0243 e. The van der Waals surface area contributed by atoms with Crippen LogP contribution in [0.3, 0.4) is 0 Å². The molecule has 1 unspecified atom stereocenters. The molecule has 2 heteroatoms. The van der Waals surface area contributed by atoms with Crippen LogP contribution in [0.15, 0.2) is 0 Å². The van der Waals surface area contributed by atoms with Crippen LogP contribution >= 0.6 is 0 Å². The normalized spacial score (nSPS) is 20.2. The van der Waals surface area contributed by atoms with E-state index in [4.69, 9.17) is 0 Å². The second-order valence-corrected chi connectivity index (χ2v) is 6.69. The fourth-order valence-corrected chi connectivity index (χ4v) is 2.33. The molecule has 1 aliphatic carbocycles. The van der Waals surface area contributed by atoms with Gasteiger partial charge in [-0.1, -0.05) is 20.3 Å². The van der Waals surface area contributed by atoms with Crippen molar-refractivity contribution in [2.75, 3.05) is 13.6 Å². The molecule has 0 aliphatic heterocycles. The monoisotopic (exact) mass is 226 g/mol. The van der Waals surface area contributed by atoms with Gasteiger partial charge in [-0.25, -0.2) is 0 Å². The first-order valence-corrected chi connectivity index (χ1v) is 6.78. The Morgan fingerprint density at radius 1 is 1.25 bits per heavy atom. The van der Waals surface area contributed by atoms with E-state index in [0.29, 0.717) is 6.04 Å². The molecule has 0 radical (unpaired) electrons. The van der Waals surface area contributed by atoms with Crippen LogP contribution in [0.5, 0.6) is 0 Å². The summed E-state index contributed by atoms with van der Waals surface area (Å²) < 4.78 is 0. The van der Waals surface area contributed by atoms with Crippen LogP contribution in [0.25, 0.3) is 0 Å². The van der Waals surface area contributed by atoms with Gasteiger partial charge in [0.1, 0.15) is 0 Å². The summed E-state index contributed by atoms with van der Waals surface area (Å²) >= 11 is 0. The van der Waals surface area contributed by atoms with Crippen molar-refractivity contribution in [3.05, 3.63) is 0 Å². The number of likely N-dealkylation sites (N-methyl/N-ethyl adjacent to an activating group) is 1. The fourth-order valence-electron chi connectivity index (χ4n) is 2.33. The molecule has 0 amide bonds. The van der Waals surface area contributed by atoms with Gasteiger partial charge in [0.05, 0.1) is 0 Å². The number of rotatable bonds is 5. The third-order valence-corrected chi connectivity index (χ3v) is 3.78. The third kappa shape index (κ3) is 4.06. The topological polar surface area (TPSA) is 15.3 Å². The summed E-state index contributed by atoms with van der Waals surface area (Å²) in [5, 5.41) is 3.65. The predicted molar refractivity (Wildman–Crippen MR) is 71.8 cm³/mol. The van der Waals surface area contributed by atoms with Crippen LogP contribution in [0.4, 0.5) is 0 Å². The molecule has 16 heavy (non-hydrogen) atoms. The SMILES string of the molecule is CC(C)C(CNC(C)(C)C)N(C)C1CCC1. The summed E-state index contributed by atoms with van der Waals surface area (Å²) in [4.78, 5) is 2.60. The predicted octanol–water partition coefficient (Wildman–Crippen LogP) is 2.88. The molecule has 96 valence electrons. The Morgan fingerprint density at radius 2 is 1.81 bits per heavy atom. The minimum atomic E-state index is 0.230. The highest BCUT2D eigenvalue weighted by molar-refractivity contribution is 4.86. The summed E-state index contributed by atoms with van der Waals surface area (Å²) in [6.07, 6.45) is 4.22. The summed E-state index contributed by atoms with van der Waals surface area (Å²) in [6, 6.07) is 1.51. The summed E-state index contributed by atoms with van der Waals surface area (Å²) in [7, 11) is 2.30. The molecule has 0 aromatic rings. The zero-order chi connectivity index (χ0) is 12.3. The van der Waals surface area contributed by atoms with Gasteiger partial charge in [0.2, 0.25) is 0 Å². The Kier molecular flexibility index (Phi) is 4.81. The number of nitrogens with zero attached hydrogens (tertiary/aromatic N) is 1. The zero-order valence-electron chi connectivity index (χ0n) is 12.0. The molecular weight excluding hydrogens is 196 g/mol. The number of nitrogens with one attached hydrogen (secondary N) is 1. The minimum absolute atomic E-state index is 0.230. The lowest BCUT2D eigenvalue weighted by Gasteiger charge is -2.42. The molecule has 0 bridgehead atoms. The van der Waals surface area contributed by atoms with Gasteiger partial charge in [-0.05, 0) is 46.6 Å². The summed E-state index contributed by atoms with van der Waals surface area (Å²) in [6.45, 7) is 12.5. The second-order valence-electron chi connectivity index (χ2n) is 6.69. The summed E-state index contributed by atoms with van der Waals surface area (Å²) in [5.41, 5.74) is 0.230. The average Bonchev–Trinajstić information content (AvgIpc) is 1.97. The molecule has 1 saturated carbocycles. The maximum absolute atomic E-state index is 3.65. The van der Waals surface area contributed by atoms with Crippen molar-refractivity contribution in [3.8, 4) is 0 Å². The third-order valence-electron chi connectivity index (χ3n) is 3.78. The molecule has 0 heterocycles. The number of hydrogen-bond acceptors (Lipinski definition) is 2. The fraction of sp³-hybridized carbons (Fsp3) is 1.00. The number of hydrogen-bond donors (Lipinski definition) is 1. The molecular formula is C14H30N2. The molecule has 0 aromatic carbocycles. The molecule has 1 N–H and O–H groups in total. The quantitative estimate of drug-likeness (QED) is 0.775. The van der Waals surface area contributed by atoms with Crippen molar-refractivity contribution < 1.29 is 0 Å². The van der Waals surface area contributed by atoms with Crippen LogP contribution in [-0.2, 0) is 0 Å². The average molecular weight is 226 g/mol. The van der Waals surface area contributed by atoms with E-state index >= 15 is 0 Å². The van der Waals surface area contributed by atoms with Crippen LogP contribution in [0.1, 0.15) is 53.9 Å². The van der Waals surface area contributed by atoms with Crippen molar-refractivity contribution in [2.24, 2.45) is 5.92 Å². The van der Waals surface area contributed by atoms with E-state index in [1.807, 2.05) is 0 Å². The van der Waals surface area contributed by atoms with Gasteiger partial charge >= 0.3 is 0 Å². The molecule has 1 rings (SSSR count). The van der Waals surface area contributed by atoms with Gasteiger partial charge in [-0.2, -0.15) is 0 Å². The van der Waals surface area contributed by atoms with Crippen molar-refractivity contribution in [2.45, 2.75) is 71.5 Å². The van der Waals surface area contributed by atoms with Crippen LogP contribution in [0, 0.1) is 5.92 Å². The molecule has 0 spiro atoms. The molecule has 1 aliphatic rings. The molecule has 0 aromatic heterocycles. The smallest absolute Gasteiger partial charge is 0.0243 e. The van der Waals surface area contributed by atoms with Crippen molar-refractivity contribution in [1.29, 1.82) is 0 Å². The minimum Gasteiger partial charge on any atom is -0.311 e. The van der Waals surface area contributed by atoms with Gasteiger partial charge in [0.25, 0.3) is 0 Å². The Labute approximate surface area is 102 Å². The second kappa shape index (κ2) is 5.50. The lowest BCUT2D eigenvalue weighted by molar-refractivity contribution is 0.0801. The van der Waals surface area contributed by atoms with E-state index in [1.165, 1.54) is 19.3 Å². The Morgan fingerprint density at radius 3 is 2.12 bits per heavy atom. The van der Waals surface area contributed by atoms with Gasteiger partial charge in [-0.15, -0.1) is 0 Å². The van der Waals surface area contributed by atoms with Gasteiger partial charge in [0.15, 0.2) is 0 Å². The zero-order valence-corrected chi connectivity index (χ0v) is 12.0. The van der Waals surface area contributed by atoms with Gasteiger partial charge in [-0.3, -0.25) is 4.90 Å². The standard InChI is InChI=1S/C14H30N2/c1-11(2)13(10-15-14(3,4)5)16(6)12-8-7-9-12/h11-13,15H,7-10H2,1-6H3. The molecule has 2 nitrogen and oxygen atoms in total. The highest BCUT2D eigenvalue weighted by atomic mass is 15.2. The van der Waals surface area contributed by atoms with E-state index in [-0.39, 0.29) is 5.54 Å². The Hall–Kier alpha value is -0.0800. The summed E-state index contributed by atoms with van der Waals surface area (Å²) in [5.74, 6) is 0.723. The first-order valence-electron chi connectivity index (χ1n) is 6.78. The molecule has 1 fully saturated rings. The van der Waals surface area contributed by atoms with E-state index in [0.717, 1.165) is 18.5 Å². The van der Waals surface area contributed by atoms with Crippen molar-refractivity contribution in [1.82, 2.24) is 10.2 Å². The molecule has 0 saturated heterocycles. The van der Waals surface area contributed by atoms with E-state index in [2.05, 4.69) is 51.9 Å². The largest absolute Gasteiger partial charge is 0.311 e. The first kappa shape index (κ1) is 14.0.